The smallest absolute Gasteiger partial charge is 0.234 e. The first-order valence-electron chi connectivity index (χ1n) is 9.82. The van der Waals surface area contributed by atoms with E-state index in [-0.39, 0.29) is 18.2 Å². The second-order valence-corrected chi connectivity index (χ2v) is 10.4. The van der Waals surface area contributed by atoms with Crippen molar-refractivity contribution >= 4 is 50.7 Å². The number of hydrogen-bond acceptors (Lipinski definition) is 6. The van der Waals surface area contributed by atoms with Crippen LogP contribution in [0.4, 0.5) is 11.4 Å². The van der Waals surface area contributed by atoms with Gasteiger partial charge < -0.3 is 9.88 Å². The van der Waals surface area contributed by atoms with E-state index in [2.05, 4.69) is 15.5 Å². The summed E-state index contributed by atoms with van der Waals surface area (Å²) in [5.41, 5.74) is 2.24. The number of benzene rings is 2. The Morgan fingerprint density at radius 3 is 2.38 bits per heavy atom. The normalized spacial score (nSPS) is 11.4. The Kier molecular flexibility index (Phi) is 7.81. The summed E-state index contributed by atoms with van der Waals surface area (Å²) in [6.45, 7) is 4.44. The number of thioether (sulfide) groups is 1. The fraction of sp³-hybridized carbons (Fsp3) is 0.286. The predicted octanol–water partition coefficient (Wildman–Crippen LogP) is 3.96. The number of carbonyl (C=O) groups excluding carboxylic acids is 1. The summed E-state index contributed by atoms with van der Waals surface area (Å²) in [5, 5.41) is 12.3. The van der Waals surface area contributed by atoms with Crippen molar-refractivity contribution < 1.29 is 13.2 Å². The van der Waals surface area contributed by atoms with E-state index in [1.165, 1.54) is 16.1 Å². The van der Waals surface area contributed by atoms with E-state index in [1.54, 1.807) is 36.4 Å². The van der Waals surface area contributed by atoms with Gasteiger partial charge in [-0.05, 0) is 50.2 Å². The number of amides is 1. The molecule has 1 amide bonds. The summed E-state index contributed by atoms with van der Waals surface area (Å²) < 4.78 is 28.0. The van der Waals surface area contributed by atoms with E-state index < -0.39 is 10.0 Å². The quantitative estimate of drug-likeness (QED) is 0.453. The Labute approximate surface area is 197 Å². The largest absolute Gasteiger partial charge is 0.325 e. The third-order valence-corrected chi connectivity index (χ3v) is 6.94. The van der Waals surface area contributed by atoms with Crippen molar-refractivity contribution in [3.05, 3.63) is 64.9 Å². The molecule has 0 radical (unpaired) electrons. The molecular formula is C21H24ClN5O3S2. The van der Waals surface area contributed by atoms with Gasteiger partial charge in [-0.3, -0.25) is 9.10 Å². The van der Waals surface area contributed by atoms with Crippen LogP contribution in [-0.2, 0) is 27.9 Å². The highest BCUT2D eigenvalue weighted by Crippen LogP contribution is 2.23. The lowest BCUT2D eigenvalue weighted by Crippen LogP contribution is -2.30. The van der Waals surface area contributed by atoms with Gasteiger partial charge in [0.15, 0.2) is 11.0 Å². The number of rotatable bonds is 9. The molecule has 170 valence electrons. The molecule has 0 bridgehead atoms. The summed E-state index contributed by atoms with van der Waals surface area (Å²) in [7, 11) is -3.54. The van der Waals surface area contributed by atoms with Crippen LogP contribution in [0.1, 0.15) is 18.3 Å². The maximum Gasteiger partial charge on any atom is 0.234 e. The first-order chi connectivity index (χ1) is 15.2. The molecule has 1 aromatic heterocycles. The Morgan fingerprint density at radius 2 is 1.78 bits per heavy atom. The van der Waals surface area contributed by atoms with Crippen LogP contribution in [0.5, 0.6) is 0 Å². The molecule has 11 heteroatoms. The lowest BCUT2D eigenvalue weighted by Gasteiger charge is -2.22. The van der Waals surface area contributed by atoms with E-state index in [0.29, 0.717) is 33.9 Å². The molecule has 0 saturated heterocycles. The van der Waals surface area contributed by atoms with Crippen LogP contribution >= 0.6 is 23.4 Å². The number of nitrogens with zero attached hydrogens (tertiary/aromatic N) is 4. The van der Waals surface area contributed by atoms with Gasteiger partial charge in [-0.1, -0.05) is 41.1 Å². The summed E-state index contributed by atoms with van der Waals surface area (Å²) in [6, 6.07) is 14.1. The summed E-state index contributed by atoms with van der Waals surface area (Å²) in [5.74, 6) is 0.440. The first-order valence-corrected chi connectivity index (χ1v) is 13.0. The molecular weight excluding hydrogens is 470 g/mol. The summed E-state index contributed by atoms with van der Waals surface area (Å²) in [4.78, 5) is 12.3. The standard InChI is InChI=1S/C21H24ClN5O3S2/c1-4-26-19(13-27(32(3,29)30)18-11-5-15(2)6-12-18)24-25-21(26)31-14-20(28)23-17-9-7-16(22)8-10-17/h5-12H,4,13-14H2,1-3H3,(H,23,28). The number of aromatic nitrogens is 3. The maximum absolute atomic E-state index is 12.4. The van der Waals surface area contributed by atoms with Crippen molar-refractivity contribution in [2.45, 2.75) is 32.1 Å². The van der Waals surface area contributed by atoms with Crippen LogP contribution in [0.25, 0.3) is 0 Å². The van der Waals surface area contributed by atoms with E-state index >= 15 is 0 Å². The average molecular weight is 494 g/mol. The van der Waals surface area contributed by atoms with Gasteiger partial charge in [0.05, 0.1) is 24.2 Å². The minimum atomic E-state index is -3.54. The molecule has 0 fully saturated rings. The Hall–Kier alpha value is -2.56. The highest BCUT2D eigenvalue weighted by Gasteiger charge is 2.22. The number of halogens is 1. The number of aryl methyl sites for hydroxylation is 1. The molecule has 32 heavy (non-hydrogen) atoms. The lowest BCUT2D eigenvalue weighted by molar-refractivity contribution is -0.113. The van der Waals surface area contributed by atoms with Crippen molar-refractivity contribution in [3.63, 3.8) is 0 Å². The van der Waals surface area contributed by atoms with E-state index in [4.69, 9.17) is 11.6 Å². The fourth-order valence-corrected chi connectivity index (χ4v) is 4.76. The Bertz CT molecular complexity index is 1180. The molecule has 8 nitrogen and oxygen atoms in total. The van der Waals surface area contributed by atoms with Gasteiger partial charge in [0.25, 0.3) is 0 Å². The third-order valence-electron chi connectivity index (χ3n) is 4.58. The van der Waals surface area contributed by atoms with Crippen LogP contribution in [-0.4, -0.2) is 41.1 Å². The molecule has 0 aliphatic carbocycles. The highest BCUT2D eigenvalue weighted by molar-refractivity contribution is 7.99. The van der Waals surface area contributed by atoms with Gasteiger partial charge in [-0.25, -0.2) is 8.42 Å². The number of nitrogens with one attached hydrogen (secondary N) is 1. The molecule has 0 atom stereocenters. The van der Waals surface area contributed by atoms with Crippen molar-refractivity contribution in [2.24, 2.45) is 0 Å². The average Bonchev–Trinajstić information content (AvgIpc) is 3.14. The maximum atomic E-state index is 12.4. The third kappa shape index (κ3) is 6.24. The molecule has 3 rings (SSSR count). The summed E-state index contributed by atoms with van der Waals surface area (Å²) in [6.07, 6.45) is 1.16. The van der Waals surface area contributed by atoms with Gasteiger partial charge in [0.1, 0.15) is 0 Å². The predicted molar refractivity (Wildman–Crippen MR) is 129 cm³/mol. The zero-order valence-corrected chi connectivity index (χ0v) is 20.3. The first kappa shape index (κ1) is 24.1. The van der Waals surface area contributed by atoms with E-state index in [9.17, 15) is 13.2 Å². The van der Waals surface area contributed by atoms with Crippen LogP contribution in [0, 0.1) is 6.92 Å². The van der Waals surface area contributed by atoms with Crippen molar-refractivity contribution in [3.8, 4) is 0 Å². The van der Waals surface area contributed by atoms with Gasteiger partial charge in [0, 0.05) is 17.3 Å². The molecule has 0 aliphatic rings. The number of carbonyl (C=O) groups is 1. The number of hydrogen-bond donors (Lipinski definition) is 1. The molecule has 0 spiro atoms. The molecule has 1 N–H and O–H groups in total. The van der Waals surface area contributed by atoms with Gasteiger partial charge in [0.2, 0.25) is 15.9 Å². The highest BCUT2D eigenvalue weighted by atomic mass is 35.5. The van der Waals surface area contributed by atoms with Crippen LogP contribution in [0.3, 0.4) is 0 Å². The molecule has 0 unspecified atom stereocenters. The lowest BCUT2D eigenvalue weighted by atomic mass is 10.2. The zero-order valence-electron chi connectivity index (χ0n) is 17.9. The fourth-order valence-electron chi connectivity index (χ4n) is 2.96. The van der Waals surface area contributed by atoms with Crippen molar-refractivity contribution in [1.29, 1.82) is 0 Å². The SMILES string of the molecule is CCn1c(CN(c2ccc(C)cc2)S(C)(=O)=O)nnc1SCC(=O)Nc1ccc(Cl)cc1. The second-order valence-electron chi connectivity index (χ2n) is 7.09. The number of anilines is 2. The van der Waals surface area contributed by atoms with Gasteiger partial charge in [-0.2, -0.15) is 0 Å². The monoisotopic (exact) mass is 493 g/mol. The molecule has 3 aromatic rings. The Morgan fingerprint density at radius 1 is 1.12 bits per heavy atom. The van der Waals surface area contributed by atoms with Crippen molar-refractivity contribution in [1.82, 2.24) is 14.8 Å². The molecule has 0 aliphatic heterocycles. The van der Waals surface area contributed by atoms with Gasteiger partial charge >= 0.3 is 0 Å². The van der Waals surface area contributed by atoms with Gasteiger partial charge in [-0.15, -0.1) is 10.2 Å². The molecule has 1 heterocycles. The number of sulfonamides is 1. The van der Waals surface area contributed by atoms with E-state index in [1.807, 2.05) is 30.5 Å². The van der Waals surface area contributed by atoms with Crippen LogP contribution in [0.15, 0.2) is 53.7 Å². The molecule has 0 saturated carbocycles. The zero-order chi connectivity index (χ0) is 23.3. The van der Waals surface area contributed by atoms with E-state index in [0.717, 1.165) is 11.8 Å². The van der Waals surface area contributed by atoms with Crippen LogP contribution < -0.4 is 9.62 Å². The summed E-state index contributed by atoms with van der Waals surface area (Å²) >= 11 is 7.10. The van der Waals surface area contributed by atoms with Crippen molar-refractivity contribution in [2.75, 3.05) is 21.6 Å². The van der Waals surface area contributed by atoms with Crippen LogP contribution in [0.2, 0.25) is 5.02 Å². The second kappa shape index (κ2) is 10.4. The molecule has 2 aromatic carbocycles. The minimum Gasteiger partial charge on any atom is -0.325 e. The Balaban J connectivity index is 1.72. The topological polar surface area (TPSA) is 97.2 Å². The minimum absolute atomic E-state index is 0.0419.